The number of nitrogens with two attached hydrogens (primary N) is 1. The molecule has 5 heteroatoms. The number of benzene rings is 1. The second kappa shape index (κ2) is 3.97. The van der Waals surface area contributed by atoms with Gasteiger partial charge in [0, 0.05) is 11.6 Å². The van der Waals surface area contributed by atoms with Crippen LogP contribution in [0.15, 0.2) is 18.2 Å². The fourth-order valence-electron chi connectivity index (χ4n) is 1.09. The van der Waals surface area contributed by atoms with Gasteiger partial charge in [-0.2, -0.15) is 0 Å². The van der Waals surface area contributed by atoms with Crippen molar-refractivity contribution in [3.63, 3.8) is 0 Å². The first-order valence-electron chi connectivity index (χ1n) is 3.91. The van der Waals surface area contributed by atoms with E-state index in [-0.39, 0.29) is 11.5 Å². The third kappa shape index (κ3) is 1.94. The van der Waals surface area contributed by atoms with E-state index >= 15 is 0 Å². The van der Waals surface area contributed by atoms with Gasteiger partial charge in [-0.15, -0.1) is 0 Å². The van der Waals surface area contributed by atoms with Gasteiger partial charge in [-0.25, -0.2) is 0 Å². The Bertz CT molecular complexity index is 351. The second-order valence-electron chi connectivity index (χ2n) is 2.74. The molecule has 0 bridgehead atoms. The lowest BCUT2D eigenvalue weighted by molar-refractivity contribution is -0.138. The lowest BCUT2D eigenvalue weighted by Crippen LogP contribution is -2.21. The molecule has 0 aliphatic heterocycles. The van der Waals surface area contributed by atoms with Crippen LogP contribution in [0.2, 0.25) is 0 Å². The van der Waals surface area contributed by atoms with Gasteiger partial charge in [0.2, 0.25) is 0 Å². The minimum atomic E-state index is -1.15. The van der Waals surface area contributed by atoms with Crippen molar-refractivity contribution in [3.05, 3.63) is 23.8 Å². The van der Waals surface area contributed by atoms with Crippen LogP contribution in [-0.2, 0) is 4.79 Å². The van der Waals surface area contributed by atoms with Gasteiger partial charge >= 0.3 is 5.97 Å². The monoisotopic (exact) mass is 197 g/mol. The van der Waals surface area contributed by atoms with Gasteiger partial charge in [-0.3, -0.25) is 4.79 Å². The van der Waals surface area contributed by atoms with Crippen molar-refractivity contribution < 1.29 is 19.7 Å². The van der Waals surface area contributed by atoms with Crippen molar-refractivity contribution >= 4 is 5.97 Å². The highest BCUT2D eigenvalue weighted by Crippen LogP contribution is 2.27. The standard InChI is InChI=1S/C9H11NO4/c1-14-7-4-5(11)2-3-6(7)8(10)9(12)13/h2-4,8,11H,10H2,1H3,(H,12,13). The quantitative estimate of drug-likeness (QED) is 0.655. The smallest absolute Gasteiger partial charge is 0.325 e. The average molecular weight is 197 g/mol. The van der Waals surface area contributed by atoms with Crippen LogP contribution in [0.5, 0.6) is 11.5 Å². The van der Waals surface area contributed by atoms with Crippen molar-refractivity contribution in [1.29, 1.82) is 0 Å². The van der Waals surface area contributed by atoms with Gasteiger partial charge in [0.1, 0.15) is 17.5 Å². The summed E-state index contributed by atoms with van der Waals surface area (Å²) < 4.78 is 4.89. The summed E-state index contributed by atoms with van der Waals surface area (Å²) in [4.78, 5) is 10.6. The molecule has 0 spiro atoms. The van der Waals surface area contributed by atoms with Crippen molar-refractivity contribution in [3.8, 4) is 11.5 Å². The number of aliphatic carboxylic acids is 1. The Hall–Kier alpha value is -1.75. The SMILES string of the molecule is COc1cc(O)ccc1C(N)C(=O)O. The molecule has 5 nitrogen and oxygen atoms in total. The van der Waals surface area contributed by atoms with E-state index in [4.69, 9.17) is 20.7 Å². The number of hydrogen-bond acceptors (Lipinski definition) is 4. The van der Waals surface area contributed by atoms with E-state index in [1.807, 2.05) is 0 Å². The molecular weight excluding hydrogens is 186 g/mol. The van der Waals surface area contributed by atoms with Gasteiger partial charge in [-0.1, -0.05) is 0 Å². The molecule has 0 fully saturated rings. The minimum absolute atomic E-state index is 0.00295. The molecule has 0 heterocycles. The zero-order valence-electron chi connectivity index (χ0n) is 7.60. The first-order chi connectivity index (χ1) is 6.56. The molecule has 0 saturated heterocycles. The number of hydrogen-bond donors (Lipinski definition) is 3. The number of aromatic hydroxyl groups is 1. The Kier molecular flexibility index (Phi) is 2.93. The van der Waals surface area contributed by atoms with Crippen LogP contribution < -0.4 is 10.5 Å². The van der Waals surface area contributed by atoms with Crippen LogP contribution in [0, 0.1) is 0 Å². The summed E-state index contributed by atoms with van der Waals surface area (Å²) >= 11 is 0. The average Bonchev–Trinajstić information content (AvgIpc) is 2.16. The molecule has 1 atom stereocenters. The molecule has 76 valence electrons. The summed E-state index contributed by atoms with van der Waals surface area (Å²) in [6.07, 6.45) is 0. The summed E-state index contributed by atoms with van der Waals surface area (Å²) in [5, 5.41) is 17.8. The molecular formula is C9H11NO4. The normalized spacial score (nSPS) is 12.1. The molecule has 0 aromatic heterocycles. The molecule has 0 radical (unpaired) electrons. The predicted octanol–water partition coefficient (Wildman–Crippen LogP) is 0.485. The lowest BCUT2D eigenvalue weighted by atomic mass is 10.1. The molecule has 0 amide bonds. The Balaban J connectivity index is 3.13. The van der Waals surface area contributed by atoms with E-state index in [0.29, 0.717) is 5.56 Å². The van der Waals surface area contributed by atoms with E-state index in [1.165, 1.54) is 25.3 Å². The van der Waals surface area contributed by atoms with Crippen molar-refractivity contribution in [2.75, 3.05) is 7.11 Å². The maximum atomic E-state index is 10.6. The Labute approximate surface area is 80.7 Å². The number of phenolic OH excluding ortho intramolecular Hbond substituents is 1. The van der Waals surface area contributed by atoms with Gasteiger partial charge in [0.15, 0.2) is 0 Å². The Morgan fingerprint density at radius 2 is 2.21 bits per heavy atom. The van der Waals surface area contributed by atoms with E-state index < -0.39 is 12.0 Å². The number of carboxylic acids is 1. The predicted molar refractivity (Wildman–Crippen MR) is 49.2 cm³/mol. The molecule has 1 rings (SSSR count). The maximum Gasteiger partial charge on any atom is 0.325 e. The molecule has 0 aliphatic carbocycles. The van der Waals surface area contributed by atoms with Crippen LogP contribution >= 0.6 is 0 Å². The molecule has 4 N–H and O–H groups in total. The van der Waals surface area contributed by atoms with Gasteiger partial charge < -0.3 is 20.7 Å². The number of rotatable bonds is 3. The topological polar surface area (TPSA) is 92.8 Å². The highest BCUT2D eigenvalue weighted by atomic mass is 16.5. The molecule has 1 unspecified atom stereocenters. The summed E-state index contributed by atoms with van der Waals surface area (Å²) in [6, 6.07) is 2.96. The lowest BCUT2D eigenvalue weighted by Gasteiger charge is -2.11. The first kappa shape index (κ1) is 10.3. The number of carboxylic acid groups (broad SMARTS) is 1. The van der Waals surface area contributed by atoms with Gasteiger partial charge in [-0.05, 0) is 12.1 Å². The van der Waals surface area contributed by atoms with Crippen molar-refractivity contribution in [2.45, 2.75) is 6.04 Å². The summed E-state index contributed by atoms with van der Waals surface area (Å²) in [6.45, 7) is 0. The third-order valence-corrected chi connectivity index (χ3v) is 1.82. The molecule has 1 aromatic carbocycles. The Morgan fingerprint density at radius 3 is 2.71 bits per heavy atom. The van der Waals surface area contributed by atoms with E-state index in [2.05, 4.69) is 0 Å². The summed E-state index contributed by atoms with van der Waals surface area (Å²) in [5.74, 6) is -0.878. The number of methoxy groups -OCH3 is 1. The highest BCUT2D eigenvalue weighted by molar-refractivity contribution is 5.76. The largest absolute Gasteiger partial charge is 0.508 e. The van der Waals surface area contributed by atoms with Gasteiger partial charge in [0.05, 0.1) is 7.11 Å². The molecule has 14 heavy (non-hydrogen) atoms. The van der Waals surface area contributed by atoms with E-state index in [1.54, 1.807) is 0 Å². The van der Waals surface area contributed by atoms with Crippen LogP contribution in [0.25, 0.3) is 0 Å². The van der Waals surface area contributed by atoms with Gasteiger partial charge in [0.25, 0.3) is 0 Å². The zero-order chi connectivity index (χ0) is 10.7. The maximum absolute atomic E-state index is 10.6. The molecule has 0 saturated carbocycles. The fraction of sp³-hybridized carbons (Fsp3) is 0.222. The van der Waals surface area contributed by atoms with Crippen LogP contribution in [0.3, 0.4) is 0 Å². The molecule has 0 aliphatic rings. The molecule has 1 aromatic rings. The Morgan fingerprint density at radius 1 is 1.57 bits per heavy atom. The highest BCUT2D eigenvalue weighted by Gasteiger charge is 2.18. The zero-order valence-corrected chi connectivity index (χ0v) is 7.60. The number of phenols is 1. The van der Waals surface area contributed by atoms with Crippen molar-refractivity contribution in [2.24, 2.45) is 5.73 Å². The minimum Gasteiger partial charge on any atom is -0.508 e. The summed E-state index contributed by atoms with van der Waals surface area (Å²) in [5.41, 5.74) is 5.73. The van der Waals surface area contributed by atoms with E-state index in [9.17, 15) is 4.79 Å². The van der Waals surface area contributed by atoms with E-state index in [0.717, 1.165) is 0 Å². The second-order valence-corrected chi connectivity index (χ2v) is 2.74. The number of ether oxygens (including phenoxy) is 1. The fourth-order valence-corrected chi connectivity index (χ4v) is 1.09. The van der Waals surface area contributed by atoms with Crippen LogP contribution in [-0.4, -0.2) is 23.3 Å². The van der Waals surface area contributed by atoms with Crippen LogP contribution in [0.4, 0.5) is 0 Å². The van der Waals surface area contributed by atoms with Crippen molar-refractivity contribution in [1.82, 2.24) is 0 Å². The first-order valence-corrected chi connectivity index (χ1v) is 3.91. The summed E-state index contributed by atoms with van der Waals surface area (Å²) in [7, 11) is 1.38. The number of carbonyl (C=O) groups is 1. The third-order valence-electron chi connectivity index (χ3n) is 1.82. The van der Waals surface area contributed by atoms with Crippen LogP contribution in [0.1, 0.15) is 11.6 Å².